The van der Waals surface area contributed by atoms with Gasteiger partial charge in [-0.2, -0.15) is 0 Å². The number of halogens is 1. The first kappa shape index (κ1) is 33.9. The van der Waals surface area contributed by atoms with Crippen LogP contribution in [0.3, 0.4) is 0 Å². The Hall–Kier alpha value is -3.57. The number of nitrogens with one attached hydrogen (secondary N) is 1. The Balaban J connectivity index is 2.09. The van der Waals surface area contributed by atoms with Crippen molar-refractivity contribution in [2.24, 2.45) is 0 Å². The molecule has 2 atom stereocenters. The molecule has 0 aliphatic heterocycles. The number of amides is 2. The van der Waals surface area contributed by atoms with Crippen LogP contribution in [0.1, 0.15) is 44.7 Å². The predicted octanol–water partition coefficient (Wildman–Crippen LogP) is 5.69. The van der Waals surface area contributed by atoms with Gasteiger partial charge in [0.25, 0.3) is 10.0 Å². The summed E-state index contributed by atoms with van der Waals surface area (Å²) in [5, 5.41) is 2.98. The largest absolute Gasteiger partial charge is 0.497 e. The monoisotopic (exact) mass is 673 g/mol. The SMILES string of the molecule is CC[C@H](C)NC(=O)[C@H](CC)N(Cc1cccc(OC)c1)C(=O)CN(c1ccc(C)cc1)S(=O)(=O)c1ccc(OC)c(Br)c1. The van der Waals surface area contributed by atoms with Crippen LogP contribution in [0.2, 0.25) is 0 Å². The first-order valence-corrected chi connectivity index (χ1v) is 16.3. The number of nitrogens with zero attached hydrogens (tertiary/aromatic N) is 2. The standard InChI is InChI=1S/C32H40BrN3O6S/c1-7-23(4)34-32(38)29(8-2)35(20-24-10-9-11-26(18-24)41-5)31(37)21-36(25-14-12-22(3)13-15-25)43(39,40)27-16-17-30(42-6)28(33)19-27/h9-19,23,29H,7-8,20-21H2,1-6H3,(H,34,38)/t23-,29-/m0/s1. The molecule has 3 rings (SSSR count). The highest BCUT2D eigenvalue weighted by Gasteiger charge is 2.34. The van der Waals surface area contributed by atoms with Crippen molar-refractivity contribution in [1.29, 1.82) is 0 Å². The molecule has 2 amide bonds. The van der Waals surface area contributed by atoms with Crippen molar-refractivity contribution >= 4 is 43.5 Å². The molecule has 0 bridgehead atoms. The quantitative estimate of drug-likeness (QED) is 0.236. The summed E-state index contributed by atoms with van der Waals surface area (Å²) in [5.74, 6) is 0.262. The summed E-state index contributed by atoms with van der Waals surface area (Å²) < 4.78 is 40.4. The van der Waals surface area contributed by atoms with E-state index in [-0.39, 0.29) is 23.4 Å². The van der Waals surface area contributed by atoms with Gasteiger partial charge in [-0.1, -0.05) is 43.7 Å². The van der Waals surface area contributed by atoms with Crippen LogP contribution in [0, 0.1) is 6.92 Å². The van der Waals surface area contributed by atoms with Gasteiger partial charge in [-0.15, -0.1) is 0 Å². The van der Waals surface area contributed by atoms with E-state index in [4.69, 9.17) is 9.47 Å². The first-order valence-electron chi connectivity index (χ1n) is 14.1. The fraction of sp³-hybridized carbons (Fsp3) is 0.375. The maximum Gasteiger partial charge on any atom is 0.264 e. The molecule has 3 aromatic carbocycles. The number of sulfonamides is 1. The molecule has 0 unspecified atom stereocenters. The molecule has 11 heteroatoms. The van der Waals surface area contributed by atoms with E-state index in [0.717, 1.165) is 21.9 Å². The van der Waals surface area contributed by atoms with Crippen molar-refractivity contribution in [3.63, 3.8) is 0 Å². The van der Waals surface area contributed by atoms with Crippen LogP contribution in [0.4, 0.5) is 5.69 Å². The van der Waals surface area contributed by atoms with Crippen LogP contribution in [-0.2, 0) is 26.2 Å². The molecule has 0 saturated carbocycles. The fourth-order valence-electron chi connectivity index (χ4n) is 4.50. The molecule has 0 aromatic heterocycles. The van der Waals surface area contributed by atoms with Gasteiger partial charge in [0.15, 0.2) is 0 Å². The first-order chi connectivity index (χ1) is 20.4. The van der Waals surface area contributed by atoms with Crippen LogP contribution in [0.25, 0.3) is 0 Å². The normalized spacial score (nSPS) is 12.6. The van der Waals surface area contributed by atoms with Crippen molar-refractivity contribution < 1.29 is 27.5 Å². The van der Waals surface area contributed by atoms with Gasteiger partial charge in [0.1, 0.15) is 24.1 Å². The zero-order chi connectivity index (χ0) is 31.7. The third kappa shape index (κ3) is 8.51. The van der Waals surface area contributed by atoms with Gasteiger partial charge in [-0.3, -0.25) is 13.9 Å². The highest BCUT2D eigenvalue weighted by atomic mass is 79.9. The molecule has 0 saturated heterocycles. The average Bonchev–Trinajstić information content (AvgIpc) is 3.00. The van der Waals surface area contributed by atoms with Crippen molar-refractivity contribution in [2.45, 2.75) is 64.1 Å². The van der Waals surface area contributed by atoms with Crippen molar-refractivity contribution in [3.05, 3.63) is 82.3 Å². The number of anilines is 1. The van der Waals surface area contributed by atoms with Crippen molar-refractivity contribution in [1.82, 2.24) is 10.2 Å². The van der Waals surface area contributed by atoms with E-state index in [9.17, 15) is 18.0 Å². The second kappa shape index (κ2) is 15.2. The topological polar surface area (TPSA) is 105 Å². The summed E-state index contributed by atoms with van der Waals surface area (Å²) in [6, 6.07) is 17.7. The molecule has 0 radical (unpaired) electrons. The Labute approximate surface area is 263 Å². The van der Waals surface area contributed by atoms with Crippen LogP contribution < -0.4 is 19.1 Å². The summed E-state index contributed by atoms with van der Waals surface area (Å²) in [4.78, 5) is 29.1. The zero-order valence-electron chi connectivity index (χ0n) is 25.5. The van der Waals surface area contributed by atoms with E-state index in [2.05, 4.69) is 21.2 Å². The molecule has 232 valence electrons. The van der Waals surface area contributed by atoms with E-state index in [1.54, 1.807) is 49.6 Å². The van der Waals surface area contributed by atoms with Crippen molar-refractivity contribution in [3.8, 4) is 11.5 Å². The molecular weight excluding hydrogens is 634 g/mol. The lowest BCUT2D eigenvalue weighted by Gasteiger charge is -2.33. The van der Waals surface area contributed by atoms with Crippen LogP contribution >= 0.6 is 15.9 Å². The van der Waals surface area contributed by atoms with Crippen molar-refractivity contribution in [2.75, 3.05) is 25.1 Å². The lowest BCUT2D eigenvalue weighted by atomic mass is 10.1. The van der Waals surface area contributed by atoms with Gasteiger partial charge in [0, 0.05) is 12.6 Å². The number of rotatable bonds is 14. The number of hydrogen-bond donors (Lipinski definition) is 1. The average molecular weight is 675 g/mol. The molecule has 3 aromatic rings. The minimum Gasteiger partial charge on any atom is -0.497 e. The summed E-state index contributed by atoms with van der Waals surface area (Å²) in [6.07, 6.45) is 1.06. The smallest absolute Gasteiger partial charge is 0.264 e. The molecular formula is C32H40BrN3O6S. The highest BCUT2D eigenvalue weighted by Crippen LogP contribution is 2.31. The zero-order valence-corrected chi connectivity index (χ0v) is 27.9. The highest BCUT2D eigenvalue weighted by molar-refractivity contribution is 9.10. The third-order valence-electron chi connectivity index (χ3n) is 7.19. The molecule has 0 aliphatic rings. The van der Waals surface area contributed by atoms with Crippen LogP contribution in [0.15, 0.2) is 76.1 Å². The molecule has 1 N–H and O–H groups in total. The predicted molar refractivity (Wildman–Crippen MR) is 172 cm³/mol. The molecule has 0 fully saturated rings. The summed E-state index contributed by atoms with van der Waals surface area (Å²) >= 11 is 3.37. The van der Waals surface area contributed by atoms with Gasteiger partial charge in [0.2, 0.25) is 11.8 Å². The van der Waals surface area contributed by atoms with E-state index in [1.807, 2.05) is 39.8 Å². The Morgan fingerprint density at radius 2 is 1.65 bits per heavy atom. The van der Waals surface area contributed by atoms with Gasteiger partial charge in [-0.25, -0.2) is 8.42 Å². The lowest BCUT2D eigenvalue weighted by molar-refractivity contribution is -0.140. The Bertz CT molecular complexity index is 1510. The number of carbonyl (C=O) groups excluding carboxylic acids is 2. The number of hydrogen-bond acceptors (Lipinski definition) is 6. The lowest BCUT2D eigenvalue weighted by Crippen LogP contribution is -2.53. The van der Waals surface area contributed by atoms with E-state index in [0.29, 0.717) is 28.1 Å². The third-order valence-corrected chi connectivity index (χ3v) is 9.58. The van der Waals surface area contributed by atoms with E-state index in [1.165, 1.54) is 24.1 Å². The summed E-state index contributed by atoms with van der Waals surface area (Å²) in [5.41, 5.74) is 2.00. The minimum absolute atomic E-state index is 0.0190. The Kier molecular flexibility index (Phi) is 12.0. The van der Waals surface area contributed by atoms with Gasteiger partial charge < -0.3 is 19.7 Å². The molecule has 0 aliphatic carbocycles. The van der Waals surface area contributed by atoms with Crippen LogP contribution in [-0.4, -0.2) is 58.0 Å². The van der Waals surface area contributed by atoms with E-state index >= 15 is 0 Å². The van der Waals surface area contributed by atoms with Gasteiger partial charge in [-0.05, 0) is 90.6 Å². The minimum atomic E-state index is -4.22. The molecule has 0 spiro atoms. The number of aryl methyl sites for hydroxylation is 1. The molecule has 43 heavy (non-hydrogen) atoms. The summed E-state index contributed by atoms with van der Waals surface area (Å²) in [7, 11) is -1.18. The second-order valence-corrected chi connectivity index (χ2v) is 13.0. The number of methoxy groups -OCH3 is 2. The maximum absolute atomic E-state index is 14.2. The maximum atomic E-state index is 14.2. The van der Waals surface area contributed by atoms with Gasteiger partial charge >= 0.3 is 0 Å². The molecule has 0 heterocycles. The number of ether oxygens (including phenoxy) is 2. The second-order valence-electron chi connectivity index (χ2n) is 10.3. The molecule has 9 nitrogen and oxygen atoms in total. The fourth-order valence-corrected chi connectivity index (χ4v) is 6.64. The van der Waals surface area contributed by atoms with Crippen LogP contribution in [0.5, 0.6) is 11.5 Å². The number of benzene rings is 3. The Morgan fingerprint density at radius 3 is 2.23 bits per heavy atom. The summed E-state index contributed by atoms with van der Waals surface area (Å²) in [6.45, 7) is 7.15. The Morgan fingerprint density at radius 1 is 0.953 bits per heavy atom. The van der Waals surface area contributed by atoms with Gasteiger partial charge in [0.05, 0.1) is 29.3 Å². The van der Waals surface area contributed by atoms with E-state index < -0.39 is 28.5 Å². The number of carbonyl (C=O) groups is 2.